The van der Waals surface area contributed by atoms with Gasteiger partial charge in [0, 0.05) is 31.5 Å². The third-order valence-corrected chi connectivity index (χ3v) is 4.03. The minimum atomic E-state index is -0.676. The molecule has 0 radical (unpaired) electrons. The minimum Gasteiger partial charge on any atom is -0.462 e. The average Bonchev–Trinajstić information content (AvgIpc) is 2.55. The molecule has 3 rings (SSSR count). The van der Waals surface area contributed by atoms with Gasteiger partial charge in [-0.1, -0.05) is 0 Å². The van der Waals surface area contributed by atoms with Crippen molar-refractivity contribution in [1.29, 1.82) is 5.26 Å². The fraction of sp³-hybridized carbons (Fsp3) is 0.500. The molecular formula is C16H18N2O4. The number of nitrogens with zero attached hydrogens (tertiary/aromatic N) is 2. The lowest BCUT2D eigenvalue weighted by Crippen LogP contribution is -2.52. The summed E-state index contributed by atoms with van der Waals surface area (Å²) in [4.78, 5) is 13.4. The number of benzene rings is 1. The molecule has 1 aromatic carbocycles. The normalized spacial score (nSPS) is 19.0. The molecule has 0 bridgehead atoms. The second kappa shape index (κ2) is 5.85. The van der Waals surface area contributed by atoms with Gasteiger partial charge in [-0.3, -0.25) is 0 Å². The Balaban J connectivity index is 1.68. The molecular weight excluding hydrogens is 284 g/mol. The van der Waals surface area contributed by atoms with Crippen LogP contribution in [0, 0.1) is 11.3 Å². The van der Waals surface area contributed by atoms with Crippen LogP contribution in [-0.4, -0.2) is 36.5 Å². The van der Waals surface area contributed by atoms with Gasteiger partial charge in [0.05, 0.1) is 24.8 Å². The summed E-state index contributed by atoms with van der Waals surface area (Å²) in [5.41, 5.74) is 1.48. The van der Waals surface area contributed by atoms with E-state index in [0.29, 0.717) is 44.7 Å². The molecule has 0 atom stereocenters. The lowest BCUT2D eigenvalue weighted by molar-refractivity contribution is -0.226. The van der Waals surface area contributed by atoms with Gasteiger partial charge in [0.1, 0.15) is 5.75 Å². The van der Waals surface area contributed by atoms with Crippen molar-refractivity contribution in [3.63, 3.8) is 0 Å². The highest BCUT2D eigenvalue weighted by Gasteiger charge is 2.42. The number of hydrogen-bond donors (Lipinski definition) is 0. The number of carbonyl (C=O) groups is 1. The number of hydrogen-bond acceptors (Lipinski definition) is 5. The molecule has 6 nitrogen and oxygen atoms in total. The Morgan fingerprint density at radius 1 is 1.45 bits per heavy atom. The highest BCUT2D eigenvalue weighted by Crippen LogP contribution is 2.37. The smallest absolute Gasteiger partial charge is 0.409 e. The molecule has 1 fully saturated rings. The quantitative estimate of drug-likeness (QED) is 0.796. The number of carbonyl (C=O) groups excluding carboxylic acids is 1. The van der Waals surface area contributed by atoms with Crippen LogP contribution in [0.5, 0.6) is 5.75 Å². The molecule has 1 aromatic rings. The zero-order chi connectivity index (χ0) is 15.6. The predicted octanol–water partition coefficient (Wildman–Crippen LogP) is 2.42. The standard InChI is InChI=1S/C16H18N2O4/c1-2-20-15(19)18-7-5-16(6-8-18)21-11-13-9-12(10-17)3-4-14(13)22-16/h3-4,9H,2,5-8,11H2,1H3. The average molecular weight is 302 g/mol. The Bertz CT molecular complexity index is 615. The Kier molecular flexibility index (Phi) is 3.90. The van der Waals surface area contributed by atoms with Crippen molar-refractivity contribution in [2.75, 3.05) is 19.7 Å². The zero-order valence-electron chi connectivity index (χ0n) is 12.5. The van der Waals surface area contributed by atoms with Crippen LogP contribution in [0.1, 0.15) is 30.9 Å². The topological polar surface area (TPSA) is 71.8 Å². The second-order valence-electron chi connectivity index (χ2n) is 5.42. The van der Waals surface area contributed by atoms with Gasteiger partial charge in [-0.05, 0) is 25.1 Å². The van der Waals surface area contributed by atoms with Crippen LogP contribution >= 0.6 is 0 Å². The molecule has 1 spiro atoms. The fourth-order valence-electron chi connectivity index (χ4n) is 2.79. The van der Waals surface area contributed by atoms with Crippen LogP contribution < -0.4 is 4.74 Å². The molecule has 22 heavy (non-hydrogen) atoms. The first-order valence-corrected chi connectivity index (χ1v) is 7.43. The lowest BCUT2D eigenvalue weighted by Gasteiger charge is -2.43. The van der Waals surface area contributed by atoms with E-state index in [-0.39, 0.29) is 6.09 Å². The van der Waals surface area contributed by atoms with Gasteiger partial charge >= 0.3 is 6.09 Å². The summed E-state index contributed by atoms with van der Waals surface area (Å²) in [5.74, 6) is 0.0827. The van der Waals surface area contributed by atoms with E-state index >= 15 is 0 Å². The number of likely N-dealkylation sites (tertiary alicyclic amines) is 1. The zero-order valence-corrected chi connectivity index (χ0v) is 12.5. The van der Waals surface area contributed by atoms with Crippen LogP contribution in [0.4, 0.5) is 4.79 Å². The van der Waals surface area contributed by atoms with Crippen LogP contribution in [0.25, 0.3) is 0 Å². The van der Waals surface area contributed by atoms with Crippen LogP contribution in [0.2, 0.25) is 0 Å². The van der Waals surface area contributed by atoms with E-state index in [4.69, 9.17) is 19.5 Å². The van der Waals surface area contributed by atoms with E-state index in [0.717, 1.165) is 11.3 Å². The molecule has 0 unspecified atom stereocenters. The molecule has 6 heteroatoms. The first kappa shape index (κ1) is 14.7. The number of piperidine rings is 1. The maximum Gasteiger partial charge on any atom is 0.409 e. The Morgan fingerprint density at radius 2 is 2.23 bits per heavy atom. The summed E-state index contributed by atoms with van der Waals surface area (Å²) in [5, 5.41) is 8.93. The molecule has 0 aromatic heterocycles. The number of fused-ring (bicyclic) bond motifs is 1. The molecule has 1 amide bonds. The van der Waals surface area contributed by atoms with Crippen LogP contribution in [0.15, 0.2) is 18.2 Å². The lowest BCUT2D eigenvalue weighted by atomic mass is 10.0. The molecule has 2 aliphatic heterocycles. The number of rotatable bonds is 1. The van der Waals surface area contributed by atoms with Gasteiger partial charge < -0.3 is 19.1 Å². The second-order valence-corrected chi connectivity index (χ2v) is 5.42. The van der Waals surface area contributed by atoms with Crippen LogP contribution in [0.3, 0.4) is 0 Å². The Labute approximate surface area is 129 Å². The third kappa shape index (κ3) is 2.72. The van der Waals surface area contributed by atoms with Gasteiger partial charge in [-0.25, -0.2) is 4.79 Å². The van der Waals surface area contributed by atoms with Crippen LogP contribution in [-0.2, 0) is 16.1 Å². The predicted molar refractivity (Wildman–Crippen MR) is 77.1 cm³/mol. The molecule has 0 aliphatic carbocycles. The number of nitriles is 1. The summed E-state index contributed by atoms with van der Waals surface area (Å²) in [7, 11) is 0. The van der Waals surface area contributed by atoms with Gasteiger partial charge in [0.25, 0.3) is 0 Å². The van der Waals surface area contributed by atoms with E-state index in [9.17, 15) is 4.79 Å². The van der Waals surface area contributed by atoms with Crippen molar-refractivity contribution in [2.45, 2.75) is 32.2 Å². The van der Waals surface area contributed by atoms with Gasteiger partial charge in [0.15, 0.2) is 0 Å². The molecule has 0 N–H and O–H groups in total. The molecule has 2 aliphatic rings. The molecule has 0 saturated carbocycles. The van der Waals surface area contributed by atoms with Gasteiger partial charge in [0.2, 0.25) is 5.79 Å². The maximum absolute atomic E-state index is 11.7. The Morgan fingerprint density at radius 3 is 2.91 bits per heavy atom. The molecule has 116 valence electrons. The largest absolute Gasteiger partial charge is 0.462 e. The monoisotopic (exact) mass is 302 g/mol. The van der Waals surface area contributed by atoms with E-state index in [2.05, 4.69) is 6.07 Å². The number of ether oxygens (including phenoxy) is 3. The van der Waals surface area contributed by atoms with Crippen molar-refractivity contribution >= 4 is 6.09 Å². The summed E-state index contributed by atoms with van der Waals surface area (Å²) in [6, 6.07) is 7.45. The Hall–Kier alpha value is -2.26. The third-order valence-electron chi connectivity index (χ3n) is 4.03. The number of amides is 1. The van der Waals surface area contributed by atoms with E-state index in [1.165, 1.54) is 0 Å². The molecule has 1 saturated heterocycles. The summed E-state index contributed by atoms with van der Waals surface area (Å²) < 4.78 is 17.0. The van der Waals surface area contributed by atoms with Gasteiger partial charge in [-0.15, -0.1) is 0 Å². The van der Waals surface area contributed by atoms with Crippen molar-refractivity contribution in [3.8, 4) is 11.8 Å². The summed E-state index contributed by atoms with van der Waals surface area (Å²) >= 11 is 0. The highest BCUT2D eigenvalue weighted by molar-refractivity contribution is 5.67. The SMILES string of the molecule is CCOC(=O)N1CCC2(CC1)OCc1cc(C#N)ccc1O2. The molecule has 2 heterocycles. The maximum atomic E-state index is 11.7. The summed E-state index contributed by atoms with van der Waals surface area (Å²) in [6.07, 6.45) is 0.920. The van der Waals surface area contributed by atoms with Crippen molar-refractivity contribution in [2.24, 2.45) is 0 Å². The summed E-state index contributed by atoms with van der Waals surface area (Å²) in [6.45, 7) is 3.68. The van der Waals surface area contributed by atoms with Crippen molar-refractivity contribution in [1.82, 2.24) is 4.90 Å². The first-order chi connectivity index (χ1) is 10.7. The van der Waals surface area contributed by atoms with E-state index in [1.54, 1.807) is 24.0 Å². The van der Waals surface area contributed by atoms with E-state index in [1.807, 2.05) is 6.07 Å². The van der Waals surface area contributed by atoms with Gasteiger partial charge in [-0.2, -0.15) is 5.26 Å². The fourth-order valence-corrected chi connectivity index (χ4v) is 2.79. The van der Waals surface area contributed by atoms with Crippen molar-refractivity contribution in [3.05, 3.63) is 29.3 Å². The van der Waals surface area contributed by atoms with Crippen molar-refractivity contribution < 1.29 is 19.0 Å². The highest BCUT2D eigenvalue weighted by atomic mass is 16.7. The first-order valence-electron chi connectivity index (χ1n) is 7.43. The van der Waals surface area contributed by atoms with E-state index < -0.39 is 5.79 Å². The minimum absolute atomic E-state index is 0.285.